The molecule has 0 aromatic carbocycles. The third-order valence-corrected chi connectivity index (χ3v) is 2.78. The van der Waals surface area contributed by atoms with Gasteiger partial charge in [0.2, 0.25) is 0 Å². The highest BCUT2D eigenvalue weighted by molar-refractivity contribution is 5.41. The normalized spacial score (nSPS) is 12.6. The summed E-state index contributed by atoms with van der Waals surface area (Å²) in [6.07, 6.45) is 0. The molecule has 1 unspecified atom stereocenters. The number of rotatable bonds is 5. The van der Waals surface area contributed by atoms with Crippen LogP contribution in [0, 0.1) is 6.92 Å². The lowest BCUT2D eigenvalue weighted by Crippen LogP contribution is -2.33. The van der Waals surface area contributed by atoms with Crippen molar-refractivity contribution in [3.05, 3.63) is 23.4 Å². The van der Waals surface area contributed by atoms with Crippen LogP contribution in [0.3, 0.4) is 0 Å². The zero-order valence-corrected chi connectivity index (χ0v) is 10.4. The molecular weight excluding hydrogens is 204 g/mol. The Morgan fingerprint density at radius 1 is 1.50 bits per heavy atom. The molecule has 4 heteroatoms. The first kappa shape index (κ1) is 12.9. The molecule has 90 valence electrons. The molecule has 0 bridgehead atoms. The SMILES string of the molecule is COCC(C)N(C)c1ccc(CO)c(C)n1. The smallest absolute Gasteiger partial charge is 0.128 e. The van der Waals surface area contributed by atoms with E-state index in [2.05, 4.69) is 16.8 Å². The number of methoxy groups -OCH3 is 1. The second-order valence-electron chi connectivity index (χ2n) is 3.99. The summed E-state index contributed by atoms with van der Waals surface area (Å²) >= 11 is 0. The number of aromatic nitrogens is 1. The average molecular weight is 224 g/mol. The van der Waals surface area contributed by atoms with Crippen molar-refractivity contribution in [2.75, 3.05) is 25.7 Å². The maximum absolute atomic E-state index is 9.07. The van der Waals surface area contributed by atoms with Crippen LogP contribution in [0.4, 0.5) is 5.82 Å². The molecule has 0 aliphatic rings. The predicted molar refractivity (Wildman–Crippen MR) is 64.6 cm³/mol. The molecule has 0 aliphatic carbocycles. The van der Waals surface area contributed by atoms with Gasteiger partial charge in [-0.25, -0.2) is 4.98 Å². The van der Waals surface area contributed by atoms with Crippen molar-refractivity contribution in [1.29, 1.82) is 0 Å². The number of anilines is 1. The number of aryl methyl sites for hydroxylation is 1. The molecule has 1 heterocycles. The number of pyridine rings is 1. The van der Waals surface area contributed by atoms with Gasteiger partial charge in [0.15, 0.2) is 0 Å². The van der Waals surface area contributed by atoms with E-state index < -0.39 is 0 Å². The molecule has 0 fully saturated rings. The van der Waals surface area contributed by atoms with Gasteiger partial charge in [-0.15, -0.1) is 0 Å². The molecule has 0 saturated heterocycles. The van der Waals surface area contributed by atoms with Crippen LogP contribution in [-0.2, 0) is 11.3 Å². The number of hydrogen-bond acceptors (Lipinski definition) is 4. The Kier molecular flexibility index (Phi) is 4.71. The Balaban J connectivity index is 2.84. The van der Waals surface area contributed by atoms with Gasteiger partial charge in [0.05, 0.1) is 19.3 Å². The number of aliphatic hydroxyl groups excluding tert-OH is 1. The summed E-state index contributed by atoms with van der Waals surface area (Å²) < 4.78 is 5.11. The molecule has 0 spiro atoms. The van der Waals surface area contributed by atoms with Gasteiger partial charge in [-0.3, -0.25) is 0 Å². The van der Waals surface area contributed by atoms with Crippen LogP contribution in [0.15, 0.2) is 12.1 Å². The Morgan fingerprint density at radius 3 is 2.69 bits per heavy atom. The van der Waals surface area contributed by atoms with Crippen LogP contribution >= 0.6 is 0 Å². The molecule has 4 nitrogen and oxygen atoms in total. The summed E-state index contributed by atoms with van der Waals surface area (Å²) in [4.78, 5) is 6.52. The minimum atomic E-state index is 0.0381. The summed E-state index contributed by atoms with van der Waals surface area (Å²) in [5, 5.41) is 9.07. The highest BCUT2D eigenvalue weighted by Gasteiger charge is 2.11. The van der Waals surface area contributed by atoms with E-state index in [4.69, 9.17) is 9.84 Å². The molecule has 16 heavy (non-hydrogen) atoms. The van der Waals surface area contributed by atoms with Gasteiger partial charge in [-0.2, -0.15) is 0 Å². The predicted octanol–water partition coefficient (Wildman–Crippen LogP) is 1.35. The number of ether oxygens (including phenoxy) is 1. The van der Waals surface area contributed by atoms with Gasteiger partial charge in [0.25, 0.3) is 0 Å². The molecule has 1 atom stereocenters. The fraction of sp³-hybridized carbons (Fsp3) is 0.583. The lowest BCUT2D eigenvalue weighted by atomic mass is 10.2. The Morgan fingerprint density at radius 2 is 2.19 bits per heavy atom. The van der Waals surface area contributed by atoms with E-state index in [9.17, 15) is 0 Å². The highest BCUT2D eigenvalue weighted by atomic mass is 16.5. The van der Waals surface area contributed by atoms with Crippen molar-refractivity contribution in [1.82, 2.24) is 4.98 Å². The Hall–Kier alpha value is -1.13. The third kappa shape index (κ3) is 2.93. The molecule has 1 aromatic heterocycles. The minimum absolute atomic E-state index is 0.0381. The lowest BCUT2D eigenvalue weighted by molar-refractivity contribution is 0.183. The van der Waals surface area contributed by atoms with E-state index in [1.807, 2.05) is 26.1 Å². The summed E-state index contributed by atoms with van der Waals surface area (Å²) in [6, 6.07) is 4.11. The fourth-order valence-electron chi connectivity index (χ4n) is 1.52. The van der Waals surface area contributed by atoms with Crippen molar-refractivity contribution >= 4 is 5.82 Å². The monoisotopic (exact) mass is 224 g/mol. The van der Waals surface area contributed by atoms with E-state index in [-0.39, 0.29) is 12.6 Å². The molecule has 1 rings (SSSR count). The van der Waals surface area contributed by atoms with Gasteiger partial charge in [0.1, 0.15) is 5.82 Å². The van der Waals surface area contributed by atoms with Crippen molar-refractivity contribution in [2.24, 2.45) is 0 Å². The van der Waals surface area contributed by atoms with Crippen molar-refractivity contribution in [3.63, 3.8) is 0 Å². The molecular formula is C12H20N2O2. The van der Waals surface area contributed by atoms with Gasteiger partial charge in [-0.1, -0.05) is 6.07 Å². The van der Waals surface area contributed by atoms with Gasteiger partial charge < -0.3 is 14.7 Å². The zero-order chi connectivity index (χ0) is 12.1. The Labute approximate surface area is 96.9 Å². The summed E-state index contributed by atoms with van der Waals surface area (Å²) in [6.45, 7) is 4.69. The van der Waals surface area contributed by atoms with Crippen molar-refractivity contribution < 1.29 is 9.84 Å². The van der Waals surface area contributed by atoms with E-state index in [1.54, 1.807) is 7.11 Å². The van der Waals surface area contributed by atoms with Crippen LogP contribution in [0.2, 0.25) is 0 Å². The third-order valence-electron chi connectivity index (χ3n) is 2.78. The maximum Gasteiger partial charge on any atom is 0.128 e. The lowest BCUT2D eigenvalue weighted by Gasteiger charge is -2.25. The second-order valence-corrected chi connectivity index (χ2v) is 3.99. The number of aliphatic hydroxyl groups is 1. The van der Waals surface area contributed by atoms with E-state index >= 15 is 0 Å². The van der Waals surface area contributed by atoms with Crippen LogP contribution in [0.25, 0.3) is 0 Å². The minimum Gasteiger partial charge on any atom is -0.392 e. The number of hydrogen-bond donors (Lipinski definition) is 1. The standard InChI is InChI=1S/C12H20N2O2/c1-9(8-16-4)14(3)12-6-5-11(7-15)10(2)13-12/h5-6,9,15H,7-8H2,1-4H3. The fourth-order valence-corrected chi connectivity index (χ4v) is 1.52. The first-order chi connectivity index (χ1) is 7.60. The number of nitrogens with zero attached hydrogens (tertiary/aromatic N) is 2. The zero-order valence-electron chi connectivity index (χ0n) is 10.4. The quantitative estimate of drug-likeness (QED) is 0.820. The van der Waals surface area contributed by atoms with Crippen LogP contribution in [-0.4, -0.2) is 36.9 Å². The first-order valence-electron chi connectivity index (χ1n) is 5.39. The van der Waals surface area contributed by atoms with E-state index in [0.29, 0.717) is 6.61 Å². The van der Waals surface area contributed by atoms with Crippen LogP contribution in [0.1, 0.15) is 18.2 Å². The molecule has 0 saturated carbocycles. The summed E-state index contributed by atoms with van der Waals surface area (Å²) in [5.74, 6) is 0.902. The molecule has 0 radical (unpaired) electrons. The van der Waals surface area contributed by atoms with E-state index in [1.165, 1.54) is 0 Å². The summed E-state index contributed by atoms with van der Waals surface area (Å²) in [7, 11) is 3.68. The second kappa shape index (κ2) is 5.82. The molecule has 0 aliphatic heterocycles. The maximum atomic E-state index is 9.07. The van der Waals surface area contributed by atoms with Crippen molar-refractivity contribution in [3.8, 4) is 0 Å². The Bertz CT molecular complexity index is 342. The van der Waals surface area contributed by atoms with Crippen LogP contribution in [0.5, 0.6) is 0 Å². The van der Waals surface area contributed by atoms with Crippen LogP contribution < -0.4 is 4.90 Å². The molecule has 0 amide bonds. The number of likely N-dealkylation sites (N-methyl/N-ethyl adjacent to an activating group) is 1. The van der Waals surface area contributed by atoms with E-state index in [0.717, 1.165) is 17.1 Å². The molecule has 1 aromatic rings. The van der Waals surface area contributed by atoms with Gasteiger partial charge in [-0.05, 0) is 25.5 Å². The highest BCUT2D eigenvalue weighted by Crippen LogP contribution is 2.15. The van der Waals surface area contributed by atoms with Gasteiger partial charge >= 0.3 is 0 Å². The first-order valence-corrected chi connectivity index (χ1v) is 5.39. The van der Waals surface area contributed by atoms with Gasteiger partial charge in [0, 0.05) is 19.9 Å². The average Bonchev–Trinajstić information content (AvgIpc) is 2.28. The molecule has 1 N–H and O–H groups in total. The van der Waals surface area contributed by atoms with Crippen molar-refractivity contribution in [2.45, 2.75) is 26.5 Å². The topological polar surface area (TPSA) is 45.6 Å². The largest absolute Gasteiger partial charge is 0.392 e. The summed E-state index contributed by atoms with van der Waals surface area (Å²) in [5.41, 5.74) is 1.74.